The van der Waals surface area contributed by atoms with Gasteiger partial charge in [0.15, 0.2) is 0 Å². The van der Waals surface area contributed by atoms with E-state index < -0.39 is 0 Å². The summed E-state index contributed by atoms with van der Waals surface area (Å²) in [6, 6.07) is 18.0. The number of hydrogen-bond donors (Lipinski definition) is 0. The van der Waals surface area contributed by atoms with Crippen molar-refractivity contribution in [2.75, 3.05) is 20.2 Å². The van der Waals surface area contributed by atoms with Crippen molar-refractivity contribution in [2.45, 2.75) is 13.0 Å². The molecule has 1 heterocycles. The number of carbonyl (C=O) groups excluding carboxylic acids is 1. The molecule has 0 unspecified atom stereocenters. The molecule has 3 rings (SSSR count). The zero-order chi connectivity index (χ0) is 16.1. The van der Waals surface area contributed by atoms with Gasteiger partial charge in [0.25, 0.3) is 5.91 Å². The van der Waals surface area contributed by atoms with Gasteiger partial charge in [0.1, 0.15) is 0 Å². The summed E-state index contributed by atoms with van der Waals surface area (Å²) in [5, 5.41) is 0. The van der Waals surface area contributed by atoms with Gasteiger partial charge in [-0.05, 0) is 35.3 Å². The molecule has 0 saturated carbocycles. The van der Waals surface area contributed by atoms with Crippen LogP contribution in [0.15, 0.2) is 60.7 Å². The molecule has 23 heavy (non-hydrogen) atoms. The van der Waals surface area contributed by atoms with Crippen molar-refractivity contribution in [1.82, 2.24) is 4.90 Å². The number of amides is 1. The average Bonchev–Trinajstić information content (AvgIpc) is 2.63. The molecule has 1 aliphatic rings. The van der Waals surface area contributed by atoms with Gasteiger partial charge >= 0.3 is 0 Å². The van der Waals surface area contributed by atoms with Crippen LogP contribution in [0, 0.1) is 0 Å². The highest BCUT2D eigenvalue weighted by molar-refractivity contribution is 5.94. The van der Waals surface area contributed by atoms with E-state index in [2.05, 4.69) is 30.3 Å². The van der Waals surface area contributed by atoms with E-state index >= 15 is 0 Å². The van der Waals surface area contributed by atoms with Crippen LogP contribution in [0.2, 0.25) is 0 Å². The summed E-state index contributed by atoms with van der Waals surface area (Å²) >= 11 is 0. The van der Waals surface area contributed by atoms with Crippen LogP contribution in [0.4, 0.5) is 0 Å². The third kappa shape index (κ3) is 3.69. The molecule has 2 aromatic carbocycles. The molecule has 0 aliphatic carbocycles. The first-order valence-electron chi connectivity index (χ1n) is 7.89. The highest BCUT2D eigenvalue weighted by atomic mass is 16.5. The summed E-state index contributed by atoms with van der Waals surface area (Å²) in [7, 11) is 1.67. The van der Waals surface area contributed by atoms with Crippen LogP contribution < -0.4 is 0 Å². The molecule has 2 aromatic rings. The molecule has 0 radical (unpaired) electrons. The maximum atomic E-state index is 12.6. The molecule has 0 saturated heterocycles. The number of nitrogens with zero attached hydrogens (tertiary/aromatic N) is 1. The van der Waals surface area contributed by atoms with E-state index in [1.165, 1.54) is 11.1 Å². The van der Waals surface area contributed by atoms with Crippen LogP contribution >= 0.6 is 0 Å². The molecule has 118 valence electrons. The highest BCUT2D eigenvalue weighted by Crippen LogP contribution is 2.23. The lowest BCUT2D eigenvalue weighted by molar-refractivity contribution is 0.0773. The number of hydrogen-bond acceptors (Lipinski definition) is 2. The van der Waals surface area contributed by atoms with Crippen molar-refractivity contribution < 1.29 is 9.53 Å². The fourth-order valence-electron chi connectivity index (χ4n) is 2.86. The van der Waals surface area contributed by atoms with Gasteiger partial charge < -0.3 is 9.64 Å². The van der Waals surface area contributed by atoms with Gasteiger partial charge in [0, 0.05) is 25.8 Å². The fraction of sp³-hybridized carbons (Fsp3) is 0.250. The van der Waals surface area contributed by atoms with E-state index in [0.717, 1.165) is 24.1 Å². The first-order valence-corrected chi connectivity index (χ1v) is 7.89. The highest BCUT2D eigenvalue weighted by Gasteiger charge is 2.19. The quantitative estimate of drug-likeness (QED) is 0.860. The molecular formula is C20H21NO2. The second-order valence-electron chi connectivity index (χ2n) is 5.73. The van der Waals surface area contributed by atoms with E-state index in [4.69, 9.17) is 4.74 Å². The monoisotopic (exact) mass is 307 g/mol. The lowest BCUT2D eigenvalue weighted by Crippen LogP contribution is -2.34. The molecule has 0 aromatic heterocycles. The van der Waals surface area contributed by atoms with Crippen molar-refractivity contribution >= 4 is 11.5 Å². The number of carbonyl (C=O) groups is 1. The molecule has 1 amide bonds. The molecule has 3 nitrogen and oxygen atoms in total. The van der Waals surface area contributed by atoms with E-state index in [9.17, 15) is 4.79 Å². The minimum Gasteiger partial charge on any atom is -0.380 e. The Labute approximate surface area is 137 Å². The van der Waals surface area contributed by atoms with Gasteiger partial charge in [-0.25, -0.2) is 0 Å². The van der Waals surface area contributed by atoms with Crippen LogP contribution in [0.3, 0.4) is 0 Å². The smallest absolute Gasteiger partial charge is 0.254 e. The van der Waals surface area contributed by atoms with Gasteiger partial charge in [-0.2, -0.15) is 0 Å². The predicted octanol–water partition coefficient (Wildman–Crippen LogP) is 3.76. The second kappa shape index (κ2) is 7.25. The molecule has 0 fully saturated rings. The zero-order valence-electron chi connectivity index (χ0n) is 13.4. The molecule has 0 N–H and O–H groups in total. The Bertz CT molecular complexity index is 689. The Hall–Kier alpha value is -2.39. The fourth-order valence-corrected chi connectivity index (χ4v) is 2.86. The first kappa shape index (κ1) is 15.5. The molecule has 1 aliphatic heterocycles. The lowest BCUT2D eigenvalue weighted by Gasteiger charge is -2.27. The Balaban J connectivity index is 1.67. The number of ether oxygens (including phenoxy) is 1. The topological polar surface area (TPSA) is 29.5 Å². The SMILES string of the molecule is COCc1ccc(C(=O)N2CC=C(c3ccccc3)CC2)cc1. The van der Waals surface area contributed by atoms with Crippen LogP contribution in [0.1, 0.15) is 27.9 Å². The maximum absolute atomic E-state index is 12.6. The van der Waals surface area contributed by atoms with Gasteiger partial charge in [0.2, 0.25) is 0 Å². The average molecular weight is 307 g/mol. The Kier molecular flexibility index (Phi) is 4.89. The zero-order valence-corrected chi connectivity index (χ0v) is 13.4. The Morgan fingerprint density at radius 2 is 1.83 bits per heavy atom. The maximum Gasteiger partial charge on any atom is 0.254 e. The summed E-state index contributed by atoms with van der Waals surface area (Å²) in [5.74, 6) is 0.0947. The molecule has 0 atom stereocenters. The van der Waals surface area contributed by atoms with E-state index in [0.29, 0.717) is 13.2 Å². The summed E-state index contributed by atoms with van der Waals surface area (Å²) in [6.07, 6.45) is 3.06. The molecule has 0 bridgehead atoms. The minimum absolute atomic E-state index is 0.0947. The van der Waals surface area contributed by atoms with E-state index in [-0.39, 0.29) is 5.91 Å². The number of methoxy groups -OCH3 is 1. The van der Waals surface area contributed by atoms with Crippen molar-refractivity contribution in [2.24, 2.45) is 0 Å². The number of benzene rings is 2. The molecular weight excluding hydrogens is 286 g/mol. The van der Waals surface area contributed by atoms with Crippen molar-refractivity contribution in [3.8, 4) is 0 Å². The van der Waals surface area contributed by atoms with Crippen molar-refractivity contribution in [3.63, 3.8) is 0 Å². The lowest BCUT2D eigenvalue weighted by atomic mass is 9.99. The molecule has 0 spiro atoms. The first-order chi connectivity index (χ1) is 11.3. The third-order valence-electron chi connectivity index (χ3n) is 4.15. The summed E-state index contributed by atoms with van der Waals surface area (Å²) in [5.41, 5.74) is 4.39. The van der Waals surface area contributed by atoms with E-state index in [1.807, 2.05) is 35.2 Å². The van der Waals surface area contributed by atoms with Crippen LogP contribution in [-0.2, 0) is 11.3 Å². The van der Waals surface area contributed by atoms with Gasteiger partial charge in [0.05, 0.1) is 6.61 Å². The van der Waals surface area contributed by atoms with Crippen LogP contribution in [-0.4, -0.2) is 31.0 Å². The van der Waals surface area contributed by atoms with Crippen LogP contribution in [0.5, 0.6) is 0 Å². The molecule has 3 heteroatoms. The summed E-state index contributed by atoms with van der Waals surface area (Å²) < 4.78 is 5.10. The van der Waals surface area contributed by atoms with Gasteiger partial charge in [-0.1, -0.05) is 48.5 Å². The Morgan fingerprint density at radius 3 is 2.43 bits per heavy atom. The van der Waals surface area contributed by atoms with E-state index in [1.54, 1.807) is 7.11 Å². The normalized spacial score (nSPS) is 14.5. The largest absolute Gasteiger partial charge is 0.380 e. The van der Waals surface area contributed by atoms with Crippen molar-refractivity contribution in [3.05, 3.63) is 77.4 Å². The minimum atomic E-state index is 0.0947. The number of rotatable bonds is 4. The standard InChI is InChI=1S/C20H21NO2/c1-23-15-16-7-9-19(10-8-16)20(22)21-13-11-18(12-14-21)17-5-3-2-4-6-17/h2-11H,12-15H2,1H3. The van der Waals surface area contributed by atoms with Crippen molar-refractivity contribution in [1.29, 1.82) is 0 Å². The van der Waals surface area contributed by atoms with Crippen LogP contribution in [0.25, 0.3) is 5.57 Å². The van der Waals surface area contributed by atoms with Gasteiger partial charge in [-0.3, -0.25) is 4.79 Å². The Morgan fingerprint density at radius 1 is 1.09 bits per heavy atom. The second-order valence-corrected chi connectivity index (χ2v) is 5.73. The predicted molar refractivity (Wildman–Crippen MR) is 92.1 cm³/mol. The summed E-state index contributed by atoms with van der Waals surface area (Å²) in [4.78, 5) is 14.5. The third-order valence-corrected chi connectivity index (χ3v) is 4.15. The van der Waals surface area contributed by atoms with Gasteiger partial charge in [-0.15, -0.1) is 0 Å². The summed E-state index contributed by atoms with van der Waals surface area (Å²) in [6.45, 7) is 2.00.